The van der Waals surface area contributed by atoms with Crippen LogP contribution in [0.2, 0.25) is 5.02 Å². The van der Waals surface area contributed by atoms with Crippen LogP contribution in [0.15, 0.2) is 18.2 Å². The van der Waals surface area contributed by atoms with Gasteiger partial charge in [-0.15, -0.1) is 0 Å². The number of hydrogen-bond acceptors (Lipinski definition) is 1. The fourth-order valence-electron chi connectivity index (χ4n) is 3.61. The number of rotatable bonds is 5. The molecule has 21 heavy (non-hydrogen) atoms. The molecule has 0 radical (unpaired) electrons. The lowest BCUT2D eigenvalue weighted by Gasteiger charge is -2.30. The topological polar surface area (TPSA) is 12.0 Å². The molecule has 0 saturated heterocycles. The van der Waals surface area contributed by atoms with Gasteiger partial charge in [-0.25, -0.2) is 0 Å². The highest BCUT2D eigenvalue weighted by molar-refractivity contribution is 6.31. The van der Waals surface area contributed by atoms with Crippen molar-refractivity contribution in [2.24, 2.45) is 5.92 Å². The summed E-state index contributed by atoms with van der Waals surface area (Å²) in [7, 11) is 0. The molecule has 1 N–H and O–H groups in total. The second-order valence-corrected chi connectivity index (χ2v) is 6.98. The summed E-state index contributed by atoms with van der Waals surface area (Å²) < 4.78 is 0. The van der Waals surface area contributed by atoms with Gasteiger partial charge in [0.15, 0.2) is 0 Å². The lowest BCUT2D eigenvalue weighted by molar-refractivity contribution is 0.286. The van der Waals surface area contributed by atoms with Crippen LogP contribution < -0.4 is 5.32 Å². The number of hydrogen-bond donors (Lipinski definition) is 1. The van der Waals surface area contributed by atoms with Gasteiger partial charge in [0, 0.05) is 11.1 Å². The molecule has 118 valence electrons. The average molecular weight is 308 g/mol. The van der Waals surface area contributed by atoms with Gasteiger partial charge < -0.3 is 5.32 Å². The Balaban J connectivity index is 2.06. The second-order valence-electron chi connectivity index (χ2n) is 6.57. The number of likely N-dealkylation sites (N-methyl/N-ethyl adjacent to an activating group) is 1. The maximum absolute atomic E-state index is 6.44. The molecule has 1 nitrogen and oxygen atoms in total. The summed E-state index contributed by atoms with van der Waals surface area (Å²) in [6.07, 6.45) is 10.9. The zero-order valence-corrected chi connectivity index (χ0v) is 14.4. The van der Waals surface area contributed by atoms with Crippen LogP contribution in [0.5, 0.6) is 0 Å². The monoisotopic (exact) mass is 307 g/mol. The highest BCUT2D eigenvalue weighted by atomic mass is 35.5. The third-order valence-electron chi connectivity index (χ3n) is 4.83. The first kappa shape index (κ1) is 16.8. The van der Waals surface area contributed by atoms with Gasteiger partial charge >= 0.3 is 0 Å². The molecule has 0 amide bonds. The summed E-state index contributed by atoms with van der Waals surface area (Å²) >= 11 is 6.44. The first-order valence-electron chi connectivity index (χ1n) is 8.69. The van der Waals surface area contributed by atoms with E-state index in [0.29, 0.717) is 6.04 Å². The van der Waals surface area contributed by atoms with Gasteiger partial charge in [-0.1, -0.05) is 62.8 Å². The normalized spacial score (nSPS) is 19.0. The van der Waals surface area contributed by atoms with E-state index < -0.39 is 0 Å². The van der Waals surface area contributed by atoms with Crippen molar-refractivity contribution < 1.29 is 0 Å². The molecule has 2 rings (SSSR count). The highest BCUT2D eigenvalue weighted by Gasteiger charge is 2.22. The molecule has 1 aromatic rings. The van der Waals surface area contributed by atoms with E-state index in [9.17, 15) is 0 Å². The Hall–Kier alpha value is -0.530. The van der Waals surface area contributed by atoms with Crippen molar-refractivity contribution in [1.29, 1.82) is 0 Å². The van der Waals surface area contributed by atoms with Gasteiger partial charge in [0.05, 0.1) is 0 Å². The van der Waals surface area contributed by atoms with Gasteiger partial charge in [-0.05, 0) is 55.8 Å². The Labute approximate surface area is 135 Å². The summed E-state index contributed by atoms with van der Waals surface area (Å²) in [6, 6.07) is 7.07. The first-order valence-corrected chi connectivity index (χ1v) is 9.07. The van der Waals surface area contributed by atoms with Crippen molar-refractivity contribution in [3.8, 4) is 0 Å². The van der Waals surface area contributed by atoms with Crippen LogP contribution >= 0.6 is 11.6 Å². The molecule has 1 aliphatic carbocycles. The summed E-state index contributed by atoms with van der Waals surface area (Å²) in [6.45, 7) is 5.36. The van der Waals surface area contributed by atoms with E-state index in [1.54, 1.807) is 0 Å². The highest BCUT2D eigenvalue weighted by Crippen LogP contribution is 2.28. The summed E-state index contributed by atoms with van der Waals surface area (Å²) in [5, 5.41) is 4.67. The molecule has 1 fully saturated rings. The third kappa shape index (κ3) is 5.30. The lowest BCUT2D eigenvalue weighted by atomic mass is 9.83. The SMILES string of the molecule is CCNC(Cc1ccc(C)cc1Cl)C1CCCCCCC1. The molecule has 0 spiro atoms. The van der Waals surface area contributed by atoms with Crippen LogP contribution in [-0.4, -0.2) is 12.6 Å². The average Bonchev–Trinajstić information content (AvgIpc) is 2.41. The van der Waals surface area contributed by atoms with E-state index in [1.165, 1.54) is 56.1 Å². The predicted octanol–water partition coefficient (Wildman–Crippen LogP) is 5.53. The van der Waals surface area contributed by atoms with Crippen LogP contribution in [-0.2, 0) is 6.42 Å². The van der Waals surface area contributed by atoms with Crippen molar-refractivity contribution >= 4 is 11.6 Å². The molecular formula is C19H30ClN. The van der Waals surface area contributed by atoms with E-state index in [-0.39, 0.29) is 0 Å². The van der Waals surface area contributed by atoms with E-state index in [4.69, 9.17) is 11.6 Å². The Morgan fingerprint density at radius 2 is 1.81 bits per heavy atom. The maximum atomic E-state index is 6.44. The molecule has 0 bridgehead atoms. The third-order valence-corrected chi connectivity index (χ3v) is 5.19. The molecule has 0 aliphatic heterocycles. The summed E-state index contributed by atoms with van der Waals surface area (Å²) in [5.41, 5.74) is 2.55. The molecule has 0 heterocycles. The number of benzene rings is 1. The van der Waals surface area contributed by atoms with Crippen molar-refractivity contribution in [2.45, 2.75) is 71.3 Å². The first-order chi connectivity index (χ1) is 10.2. The minimum atomic E-state index is 0.577. The zero-order chi connectivity index (χ0) is 15.1. The molecule has 1 aromatic carbocycles. The van der Waals surface area contributed by atoms with Crippen molar-refractivity contribution in [3.63, 3.8) is 0 Å². The van der Waals surface area contributed by atoms with Crippen molar-refractivity contribution in [2.75, 3.05) is 6.54 Å². The minimum absolute atomic E-state index is 0.577. The molecule has 0 aromatic heterocycles. The predicted molar refractivity (Wildman–Crippen MR) is 93.2 cm³/mol. The van der Waals surface area contributed by atoms with E-state index >= 15 is 0 Å². The number of aryl methyl sites for hydroxylation is 1. The Kier molecular flexibility index (Phi) is 7.06. The van der Waals surface area contributed by atoms with E-state index in [0.717, 1.165) is 23.9 Å². The van der Waals surface area contributed by atoms with Crippen molar-refractivity contribution in [3.05, 3.63) is 34.3 Å². The fourth-order valence-corrected chi connectivity index (χ4v) is 3.92. The van der Waals surface area contributed by atoms with Crippen LogP contribution in [0.1, 0.15) is 63.0 Å². The number of halogens is 1. The smallest absolute Gasteiger partial charge is 0.0441 e. The molecule has 1 aliphatic rings. The van der Waals surface area contributed by atoms with Crippen LogP contribution in [0.4, 0.5) is 0 Å². The van der Waals surface area contributed by atoms with Crippen molar-refractivity contribution in [1.82, 2.24) is 5.32 Å². The standard InChI is InChI=1S/C19H30ClN/c1-3-21-19(16-9-7-5-4-6-8-10-16)14-17-12-11-15(2)13-18(17)20/h11-13,16,19,21H,3-10,14H2,1-2H3. The molecular weight excluding hydrogens is 278 g/mol. The lowest BCUT2D eigenvalue weighted by Crippen LogP contribution is -2.38. The number of nitrogens with one attached hydrogen (secondary N) is 1. The molecule has 2 heteroatoms. The zero-order valence-electron chi connectivity index (χ0n) is 13.6. The van der Waals surface area contributed by atoms with Gasteiger partial charge in [-0.2, -0.15) is 0 Å². The van der Waals surface area contributed by atoms with E-state index in [1.807, 2.05) is 0 Å². The Bertz CT molecular complexity index is 422. The molecule has 1 atom stereocenters. The Morgan fingerprint density at radius 1 is 1.14 bits per heavy atom. The minimum Gasteiger partial charge on any atom is -0.314 e. The summed E-state index contributed by atoms with van der Waals surface area (Å²) in [5.74, 6) is 0.808. The second kappa shape index (κ2) is 8.80. The largest absolute Gasteiger partial charge is 0.314 e. The van der Waals surface area contributed by atoms with Gasteiger partial charge in [0.1, 0.15) is 0 Å². The van der Waals surface area contributed by atoms with Crippen LogP contribution in [0, 0.1) is 12.8 Å². The van der Waals surface area contributed by atoms with Gasteiger partial charge in [-0.3, -0.25) is 0 Å². The van der Waals surface area contributed by atoms with Crippen LogP contribution in [0.25, 0.3) is 0 Å². The van der Waals surface area contributed by atoms with Gasteiger partial charge in [0.2, 0.25) is 0 Å². The quantitative estimate of drug-likeness (QED) is 0.754. The molecule has 1 saturated carbocycles. The van der Waals surface area contributed by atoms with Crippen LogP contribution in [0.3, 0.4) is 0 Å². The maximum Gasteiger partial charge on any atom is 0.0441 e. The Morgan fingerprint density at radius 3 is 2.43 bits per heavy atom. The molecule has 1 unspecified atom stereocenters. The fraction of sp³-hybridized carbons (Fsp3) is 0.684. The van der Waals surface area contributed by atoms with E-state index in [2.05, 4.69) is 37.4 Å². The summed E-state index contributed by atoms with van der Waals surface area (Å²) in [4.78, 5) is 0. The van der Waals surface area contributed by atoms with Gasteiger partial charge in [0.25, 0.3) is 0 Å².